The zero-order valence-electron chi connectivity index (χ0n) is 13.6. The lowest BCUT2D eigenvalue weighted by Crippen LogP contribution is -2.42. The second-order valence-electron chi connectivity index (χ2n) is 5.41. The maximum absolute atomic E-state index is 11.8. The molecule has 0 saturated carbocycles. The smallest absolute Gasteiger partial charge is 0.239 e. The number of aromatic nitrogens is 1. The molecule has 7 nitrogen and oxygen atoms in total. The SMILES string of the molecule is CC(=O)NCC(=O)NCC(=O)NCC(C)c1nc2ccccc2s1. The third-order valence-electron chi connectivity index (χ3n) is 3.28. The summed E-state index contributed by atoms with van der Waals surface area (Å²) in [6, 6.07) is 7.90. The maximum Gasteiger partial charge on any atom is 0.239 e. The van der Waals surface area contributed by atoms with Gasteiger partial charge in [0.25, 0.3) is 0 Å². The van der Waals surface area contributed by atoms with Gasteiger partial charge in [-0.15, -0.1) is 11.3 Å². The van der Waals surface area contributed by atoms with Crippen molar-refractivity contribution in [3.63, 3.8) is 0 Å². The lowest BCUT2D eigenvalue weighted by Gasteiger charge is -2.10. The van der Waals surface area contributed by atoms with Crippen LogP contribution in [0.3, 0.4) is 0 Å². The number of benzene rings is 1. The van der Waals surface area contributed by atoms with Gasteiger partial charge in [0.1, 0.15) is 0 Å². The molecule has 3 amide bonds. The number of amides is 3. The largest absolute Gasteiger partial charge is 0.354 e. The van der Waals surface area contributed by atoms with Crippen molar-refractivity contribution in [2.24, 2.45) is 0 Å². The molecular weight excluding hydrogens is 328 g/mol. The van der Waals surface area contributed by atoms with E-state index in [1.807, 2.05) is 31.2 Å². The summed E-state index contributed by atoms with van der Waals surface area (Å²) in [6.45, 7) is 3.51. The third kappa shape index (κ3) is 5.31. The average Bonchev–Trinajstić information content (AvgIpc) is 3.00. The Morgan fingerprint density at radius 1 is 1.08 bits per heavy atom. The Hall–Kier alpha value is -2.48. The molecule has 1 unspecified atom stereocenters. The summed E-state index contributed by atoms with van der Waals surface area (Å²) < 4.78 is 1.12. The Balaban J connectivity index is 1.74. The molecule has 0 spiro atoms. The fraction of sp³-hybridized carbons (Fsp3) is 0.375. The minimum Gasteiger partial charge on any atom is -0.354 e. The van der Waals surface area contributed by atoms with Crippen molar-refractivity contribution >= 4 is 39.3 Å². The molecule has 1 aromatic carbocycles. The first kappa shape index (κ1) is 17.9. The number of carbonyl (C=O) groups excluding carboxylic acids is 3. The molecule has 3 N–H and O–H groups in total. The van der Waals surface area contributed by atoms with Crippen LogP contribution in [0.25, 0.3) is 10.2 Å². The van der Waals surface area contributed by atoms with Gasteiger partial charge >= 0.3 is 0 Å². The number of thiazole rings is 1. The highest BCUT2D eigenvalue weighted by Gasteiger charge is 2.13. The summed E-state index contributed by atoms with van der Waals surface area (Å²) in [7, 11) is 0. The molecule has 8 heteroatoms. The monoisotopic (exact) mass is 348 g/mol. The van der Waals surface area contributed by atoms with Gasteiger partial charge in [-0.25, -0.2) is 4.98 Å². The second-order valence-corrected chi connectivity index (χ2v) is 6.47. The number of rotatable bonds is 7. The van der Waals surface area contributed by atoms with Crippen LogP contribution in [-0.2, 0) is 14.4 Å². The lowest BCUT2D eigenvalue weighted by atomic mass is 10.2. The van der Waals surface area contributed by atoms with Crippen LogP contribution in [0.2, 0.25) is 0 Å². The van der Waals surface area contributed by atoms with Crippen LogP contribution in [-0.4, -0.2) is 42.3 Å². The molecule has 0 fully saturated rings. The quantitative estimate of drug-likeness (QED) is 0.688. The fourth-order valence-corrected chi connectivity index (χ4v) is 2.98. The van der Waals surface area contributed by atoms with Crippen LogP contribution in [0, 0.1) is 0 Å². The van der Waals surface area contributed by atoms with Gasteiger partial charge in [0, 0.05) is 19.4 Å². The van der Waals surface area contributed by atoms with E-state index < -0.39 is 5.91 Å². The van der Waals surface area contributed by atoms with E-state index in [0.717, 1.165) is 15.2 Å². The van der Waals surface area contributed by atoms with Gasteiger partial charge in [0.05, 0.1) is 28.3 Å². The van der Waals surface area contributed by atoms with Gasteiger partial charge in [0.15, 0.2) is 0 Å². The van der Waals surface area contributed by atoms with Crippen molar-refractivity contribution in [3.8, 4) is 0 Å². The number of fused-ring (bicyclic) bond motifs is 1. The predicted molar refractivity (Wildman–Crippen MR) is 92.7 cm³/mol. The average molecular weight is 348 g/mol. The van der Waals surface area contributed by atoms with Crippen LogP contribution in [0.4, 0.5) is 0 Å². The second kappa shape index (κ2) is 8.39. The van der Waals surface area contributed by atoms with E-state index in [4.69, 9.17) is 0 Å². The lowest BCUT2D eigenvalue weighted by molar-refractivity contribution is -0.127. The Bertz CT molecular complexity index is 711. The molecule has 0 aliphatic rings. The highest BCUT2D eigenvalue weighted by atomic mass is 32.1. The van der Waals surface area contributed by atoms with Crippen molar-refractivity contribution in [2.75, 3.05) is 19.6 Å². The first-order valence-electron chi connectivity index (χ1n) is 7.59. The number of hydrogen-bond acceptors (Lipinski definition) is 5. The molecule has 0 radical (unpaired) electrons. The van der Waals surface area contributed by atoms with E-state index >= 15 is 0 Å². The first-order valence-corrected chi connectivity index (χ1v) is 8.40. The molecule has 0 saturated heterocycles. The summed E-state index contributed by atoms with van der Waals surface area (Å²) in [5.74, 6) is -0.889. The first-order chi connectivity index (χ1) is 11.5. The molecule has 1 aromatic heterocycles. The number of para-hydroxylation sites is 1. The van der Waals surface area contributed by atoms with E-state index in [0.29, 0.717) is 6.54 Å². The zero-order chi connectivity index (χ0) is 17.5. The molecule has 1 atom stereocenters. The maximum atomic E-state index is 11.8. The van der Waals surface area contributed by atoms with E-state index in [9.17, 15) is 14.4 Å². The Kier molecular flexibility index (Phi) is 6.25. The normalized spacial score (nSPS) is 11.8. The van der Waals surface area contributed by atoms with Gasteiger partial charge in [-0.2, -0.15) is 0 Å². The van der Waals surface area contributed by atoms with Crippen LogP contribution in [0.5, 0.6) is 0 Å². The van der Waals surface area contributed by atoms with Gasteiger partial charge in [-0.3, -0.25) is 14.4 Å². The van der Waals surface area contributed by atoms with Crippen molar-refractivity contribution < 1.29 is 14.4 Å². The number of nitrogens with zero attached hydrogens (tertiary/aromatic N) is 1. The van der Waals surface area contributed by atoms with Gasteiger partial charge in [-0.05, 0) is 12.1 Å². The van der Waals surface area contributed by atoms with E-state index in [2.05, 4.69) is 20.9 Å². The topological polar surface area (TPSA) is 100 Å². The highest BCUT2D eigenvalue weighted by Crippen LogP contribution is 2.26. The van der Waals surface area contributed by atoms with Crippen LogP contribution in [0.1, 0.15) is 24.8 Å². The fourth-order valence-electron chi connectivity index (χ4n) is 1.96. The Morgan fingerprint density at radius 3 is 2.46 bits per heavy atom. The summed E-state index contributed by atoms with van der Waals surface area (Å²) in [5, 5.41) is 8.54. The van der Waals surface area contributed by atoms with Gasteiger partial charge < -0.3 is 16.0 Å². The van der Waals surface area contributed by atoms with E-state index in [1.54, 1.807) is 11.3 Å². The highest BCUT2D eigenvalue weighted by molar-refractivity contribution is 7.18. The van der Waals surface area contributed by atoms with Crippen LogP contribution < -0.4 is 16.0 Å². The van der Waals surface area contributed by atoms with Crippen LogP contribution in [0.15, 0.2) is 24.3 Å². The molecule has 2 rings (SSSR count). The zero-order valence-corrected chi connectivity index (χ0v) is 14.4. The van der Waals surface area contributed by atoms with Crippen LogP contribution >= 0.6 is 11.3 Å². The molecule has 2 aromatic rings. The van der Waals surface area contributed by atoms with Crippen molar-refractivity contribution in [2.45, 2.75) is 19.8 Å². The number of carbonyl (C=O) groups is 3. The molecule has 1 heterocycles. The van der Waals surface area contributed by atoms with Crippen molar-refractivity contribution in [1.82, 2.24) is 20.9 Å². The number of hydrogen-bond donors (Lipinski definition) is 3. The predicted octanol–water partition coefficient (Wildman–Crippen LogP) is 0.768. The summed E-state index contributed by atoms with van der Waals surface area (Å²) >= 11 is 1.61. The Labute approximate surface area is 143 Å². The molecule has 128 valence electrons. The summed E-state index contributed by atoms with van der Waals surface area (Å²) in [4.78, 5) is 38.4. The Morgan fingerprint density at radius 2 is 1.75 bits per heavy atom. The molecular formula is C16H20N4O3S. The standard InChI is InChI=1S/C16H20N4O3S/c1-10(16-20-12-5-3-4-6-13(12)24-16)7-18-15(23)9-19-14(22)8-17-11(2)21/h3-6,10H,7-9H2,1-2H3,(H,17,21)(H,18,23)(H,19,22). The molecule has 0 aliphatic carbocycles. The third-order valence-corrected chi connectivity index (χ3v) is 4.55. The molecule has 24 heavy (non-hydrogen) atoms. The summed E-state index contributed by atoms with van der Waals surface area (Å²) in [5.41, 5.74) is 0.959. The van der Waals surface area contributed by atoms with Crippen molar-refractivity contribution in [1.29, 1.82) is 0 Å². The number of nitrogens with one attached hydrogen (secondary N) is 3. The molecule has 0 bridgehead atoms. The minimum atomic E-state index is -0.403. The van der Waals surface area contributed by atoms with Gasteiger partial charge in [-0.1, -0.05) is 19.1 Å². The van der Waals surface area contributed by atoms with E-state index in [1.165, 1.54) is 6.92 Å². The van der Waals surface area contributed by atoms with Crippen molar-refractivity contribution in [3.05, 3.63) is 29.3 Å². The summed E-state index contributed by atoms with van der Waals surface area (Å²) in [6.07, 6.45) is 0. The minimum absolute atomic E-state index is 0.0847. The van der Waals surface area contributed by atoms with E-state index in [-0.39, 0.29) is 30.8 Å². The van der Waals surface area contributed by atoms with Gasteiger partial charge in [0.2, 0.25) is 17.7 Å². The molecule has 0 aliphatic heterocycles.